The van der Waals surface area contributed by atoms with Crippen LogP contribution >= 0.6 is 0 Å². The van der Waals surface area contributed by atoms with Gasteiger partial charge in [0.1, 0.15) is 12.1 Å². The molecule has 28 heavy (non-hydrogen) atoms. The molecule has 0 aromatic heterocycles. The van der Waals surface area contributed by atoms with Gasteiger partial charge in [-0.1, -0.05) is 45.0 Å². The summed E-state index contributed by atoms with van der Waals surface area (Å²) in [6, 6.07) is 7.18. The number of benzene rings is 1. The lowest BCUT2D eigenvalue weighted by Crippen LogP contribution is -2.54. The molecule has 6 heteroatoms. The third-order valence-corrected chi connectivity index (χ3v) is 5.96. The fourth-order valence-electron chi connectivity index (χ4n) is 5.23. The zero-order chi connectivity index (χ0) is 20.7. The number of imide groups is 1. The van der Waals surface area contributed by atoms with Gasteiger partial charge in [0.05, 0.1) is 6.04 Å². The average molecular weight is 386 g/mol. The number of urea groups is 1. The van der Waals surface area contributed by atoms with Crippen LogP contribution in [0, 0.1) is 18.3 Å². The fourth-order valence-corrected chi connectivity index (χ4v) is 5.23. The lowest BCUT2D eigenvalue weighted by molar-refractivity contribution is -0.137. The van der Waals surface area contributed by atoms with Crippen molar-refractivity contribution < 1.29 is 14.4 Å². The van der Waals surface area contributed by atoms with E-state index in [4.69, 9.17) is 0 Å². The van der Waals surface area contributed by atoms with Gasteiger partial charge in [0, 0.05) is 0 Å². The lowest BCUT2D eigenvalue weighted by atomic mass is 9.64. The highest BCUT2D eigenvalue weighted by atomic mass is 16.2. The Morgan fingerprint density at radius 2 is 1.96 bits per heavy atom. The van der Waals surface area contributed by atoms with E-state index in [9.17, 15) is 14.4 Å². The normalized spacial score (nSPS) is 27.6. The van der Waals surface area contributed by atoms with Crippen LogP contribution in [0.5, 0.6) is 0 Å². The minimum Gasteiger partial charge on any atom is -0.348 e. The maximum absolute atomic E-state index is 13.1. The topological polar surface area (TPSA) is 78.5 Å². The molecule has 3 rings (SSSR count). The van der Waals surface area contributed by atoms with E-state index in [1.54, 1.807) is 0 Å². The molecule has 1 aromatic carbocycles. The third kappa shape index (κ3) is 3.91. The molecule has 4 amide bonds. The summed E-state index contributed by atoms with van der Waals surface area (Å²) in [4.78, 5) is 39.3. The number of aryl methyl sites for hydroxylation is 1. The van der Waals surface area contributed by atoms with Crippen molar-refractivity contribution in [2.45, 2.75) is 65.5 Å². The number of hydrogen-bond acceptors (Lipinski definition) is 3. The van der Waals surface area contributed by atoms with Crippen molar-refractivity contribution in [3.8, 4) is 0 Å². The van der Waals surface area contributed by atoms with Gasteiger partial charge in [0.25, 0.3) is 5.91 Å². The van der Waals surface area contributed by atoms with E-state index < -0.39 is 11.6 Å². The van der Waals surface area contributed by atoms with Gasteiger partial charge in [-0.2, -0.15) is 0 Å². The summed E-state index contributed by atoms with van der Waals surface area (Å²) < 4.78 is 0. The van der Waals surface area contributed by atoms with E-state index in [0.717, 1.165) is 22.4 Å². The minimum absolute atomic E-state index is 0.0295. The summed E-state index contributed by atoms with van der Waals surface area (Å²) in [5.74, 6) is -0.266. The van der Waals surface area contributed by atoms with Crippen LogP contribution in [-0.2, 0) is 9.59 Å². The number of carbonyl (C=O) groups excluding carboxylic acids is 3. The van der Waals surface area contributed by atoms with Crippen LogP contribution in [0.1, 0.15) is 64.1 Å². The van der Waals surface area contributed by atoms with Crippen LogP contribution in [-0.4, -0.2) is 34.8 Å². The standard InChI is InChI=1S/C22H31N3O3/c1-14-10-21(4,5)13-22(11-14)19(27)25(20(28)24-22)12-18(26)23-16(3)17-9-7-6-8-15(17)2/h6-9,14,16H,10-13H2,1-5H3,(H,23,26)(H,24,28). The molecule has 2 N–H and O–H groups in total. The number of amides is 4. The predicted octanol–water partition coefficient (Wildman–Crippen LogP) is 3.31. The number of hydrogen-bond donors (Lipinski definition) is 2. The number of nitrogens with one attached hydrogen (secondary N) is 2. The van der Waals surface area contributed by atoms with Crippen LogP contribution in [0.15, 0.2) is 24.3 Å². The van der Waals surface area contributed by atoms with Gasteiger partial charge in [0.15, 0.2) is 0 Å². The molecule has 1 spiro atoms. The van der Waals surface area contributed by atoms with Gasteiger partial charge >= 0.3 is 6.03 Å². The number of nitrogens with zero attached hydrogens (tertiary/aromatic N) is 1. The first-order valence-electron chi connectivity index (χ1n) is 10.0. The second-order valence-corrected chi connectivity index (χ2v) is 9.40. The fraction of sp³-hybridized carbons (Fsp3) is 0.591. The third-order valence-electron chi connectivity index (χ3n) is 5.96. The van der Waals surface area contributed by atoms with Crippen molar-refractivity contribution in [2.75, 3.05) is 6.54 Å². The van der Waals surface area contributed by atoms with Crippen LogP contribution in [0.2, 0.25) is 0 Å². The molecule has 3 unspecified atom stereocenters. The Hall–Kier alpha value is -2.37. The molecule has 152 valence electrons. The smallest absolute Gasteiger partial charge is 0.325 e. The molecule has 1 aromatic rings. The predicted molar refractivity (Wildman–Crippen MR) is 108 cm³/mol. The van der Waals surface area contributed by atoms with E-state index in [1.165, 1.54) is 0 Å². The van der Waals surface area contributed by atoms with E-state index in [0.29, 0.717) is 18.8 Å². The summed E-state index contributed by atoms with van der Waals surface area (Å²) in [6.07, 6.45) is 2.25. The Morgan fingerprint density at radius 1 is 1.29 bits per heavy atom. The van der Waals surface area contributed by atoms with Crippen LogP contribution < -0.4 is 10.6 Å². The average Bonchev–Trinajstić information content (AvgIpc) is 2.76. The molecule has 1 aliphatic heterocycles. The maximum Gasteiger partial charge on any atom is 0.325 e. The highest BCUT2D eigenvalue weighted by molar-refractivity contribution is 6.09. The lowest BCUT2D eigenvalue weighted by Gasteiger charge is -2.43. The Morgan fingerprint density at radius 3 is 2.61 bits per heavy atom. The maximum atomic E-state index is 13.1. The molecule has 2 aliphatic rings. The largest absolute Gasteiger partial charge is 0.348 e. The Bertz CT molecular complexity index is 804. The summed E-state index contributed by atoms with van der Waals surface area (Å²) in [6.45, 7) is 10.0. The van der Waals surface area contributed by atoms with Crippen LogP contribution in [0.3, 0.4) is 0 Å². The first-order valence-corrected chi connectivity index (χ1v) is 10.0. The second-order valence-electron chi connectivity index (χ2n) is 9.40. The van der Waals surface area contributed by atoms with E-state index in [2.05, 4.69) is 31.4 Å². The summed E-state index contributed by atoms with van der Waals surface area (Å²) >= 11 is 0. The van der Waals surface area contributed by atoms with Gasteiger partial charge in [-0.25, -0.2) is 4.79 Å². The van der Waals surface area contributed by atoms with Gasteiger partial charge in [-0.15, -0.1) is 0 Å². The second kappa shape index (κ2) is 7.22. The zero-order valence-electron chi connectivity index (χ0n) is 17.5. The summed E-state index contributed by atoms with van der Waals surface area (Å²) in [7, 11) is 0. The van der Waals surface area contributed by atoms with Crippen molar-refractivity contribution in [3.63, 3.8) is 0 Å². The van der Waals surface area contributed by atoms with E-state index in [1.807, 2.05) is 38.1 Å². The van der Waals surface area contributed by atoms with Crippen molar-refractivity contribution in [3.05, 3.63) is 35.4 Å². The first-order chi connectivity index (χ1) is 13.0. The molecule has 2 fully saturated rings. The van der Waals surface area contributed by atoms with Crippen LogP contribution in [0.25, 0.3) is 0 Å². The molecule has 0 bridgehead atoms. The molecular weight excluding hydrogens is 354 g/mol. The molecule has 6 nitrogen and oxygen atoms in total. The molecule has 1 saturated heterocycles. The Labute approximate surface area is 167 Å². The molecule has 3 atom stereocenters. The molecule has 1 aliphatic carbocycles. The van der Waals surface area contributed by atoms with Gasteiger partial charge in [-0.3, -0.25) is 14.5 Å². The first kappa shape index (κ1) is 20.4. The van der Waals surface area contributed by atoms with Gasteiger partial charge in [0.2, 0.25) is 5.91 Å². The number of carbonyl (C=O) groups is 3. The van der Waals surface area contributed by atoms with Gasteiger partial charge < -0.3 is 10.6 Å². The highest BCUT2D eigenvalue weighted by Crippen LogP contribution is 2.46. The molecule has 1 heterocycles. The van der Waals surface area contributed by atoms with E-state index in [-0.39, 0.29) is 29.8 Å². The van der Waals surface area contributed by atoms with Crippen LogP contribution in [0.4, 0.5) is 4.79 Å². The molecular formula is C22H31N3O3. The van der Waals surface area contributed by atoms with Crippen molar-refractivity contribution in [1.82, 2.24) is 15.5 Å². The van der Waals surface area contributed by atoms with Crippen molar-refractivity contribution in [2.24, 2.45) is 11.3 Å². The summed E-state index contributed by atoms with van der Waals surface area (Å²) in [5.41, 5.74) is 1.20. The SMILES string of the molecule is Cc1ccccc1C(C)NC(=O)CN1C(=O)NC2(CC(C)CC(C)(C)C2)C1=O. The number of rotatable bonds is 4. The Kier molecular flexibility index (Phi) is 5.26. The molecule has 1 saturated carbocycles. The van der Waals surface area contributed by atoms with Crippen molar-refractivity contribution in [1.29, 1.82) is 0 Å². The Balaban J connectivity index is 1.69. The monoisotopic (exact) mass is 385 g/mol. The van der Waals surface area contributed by atoms with Crippen molar-refractivity contribution >= 4 is 17.8 Å². The van der Waals surface area contributed by atoms with Gasteiger partial charge in [-0.05, 0) is 55.6 Å². The summed E-state index contributed by atoms with van der Waals surface area (Å²) in [5, 5.41) is 5.82. The minimum atomic E-state index is -0.875. The van der Waals surface area contributed by atoms with E-state index >= 15 is 0 Å². The highest BCUT2D eigenvalue weighted by Gasteiger charge is 2.56. The molecule has 0 radical (unpaired) electrons. The quantitative estimate of drug-likeness (QED) is 0.781. The zero-order valence-corrected chi connectivity index (χ0v) is 17.5.